The van der Waals surface area contributed by atoms with E-state index in [9.17, 15) is 13.2 Å². The zero-order valence-corrected chi connectivity index (χ0v) is 13.0. The quantitative estimate of drug-likeness (QED) is 0.781. The highest BCUT2D eigenvalue weighted by Gasteiger charge is 2.34. The Morgan fingerprint density at radius 3 is 2.24 bits per heavy atom. The van der Waals surface area contributed by atoms with Gasteiger partial charge in [-0.3, -0.25) is 4.90 Å². The highest BCUT2D eigenvalue weighted by molar-refractivity contribution is 5.20. The molecular formula is C16H25F3N2. The summed E-state index contributed by atoms with van der Waals surface area (Å²) in [6.07, 6.45) is -3.22. The van der Waals surface area contributed by atoms with Gasteiger partial charge in [0.2, 0.25) is 0 Å². The normalized spacial score (nSPS) is 15.2. The van der Waals surface area contributed by atoms with E-state index in [1.165, 1.54) is 4.90 Å². The summed E-state index contributed by atoms with van der Waals surface area (Å²) in [6, 6.07) is 9.35. The summed E-state index contributed by atoms with van der Waals surface area (Å²) in [7, 11) is 0. The van der Waals surface area contributed by atoms with Crippen LogP contribution in [0.2, 0.25) is 0 Å². The van der Waals surface area contributed by atoms with Crippen LogP contribution < -0.4 is 5.32 Å². The molecule has 1 rings (SSSR count). The fourth-order valence-corrected chi connectivity index (χ4v) is 2.51. The SMILES string of the molecule is CCCNC(c1ccccc1)C(C)N(CC)CC(F)(F)F. The highest BCUT2D eigenvalue weighted by atomic mass is 19.4. The van der Waals surface area contributed by atoms with Gasteiger partial charge in [0.25, 0.3) is 0 Å². The van der Waals surface area contributed by atoms with Gasteiger partial charge in [0.05, 0.1) is 6.54 Å². The van der Waals surface area contributed by atoms with Crippen molar-refractivity contribution >= 4 is 0 Å². The number of halogens is 3. The Hall–Kier alpha value is -1.07. The van der Waals surface area contributed by atoms with Gasteiger partial charge >= 0.3 is 6.18 Å². The largest absolute Gasteiger partial charge is 0.401 e. The Balaban J connectivity index is 2.90. The fourth-order valence-electron chi connectivity index (χ4n) is 2.51. The highest BCUT2D eigenvalue weighted by Crippen LogP contribution is 2.24. The summed E-state index contributed by atoms with van der Waals surface area (Å²) in [5.74, 6) is 0. The third-order valence-electron chi connectivity index (χ3n) is 3.62. The lowest BCUT2D eigenvalue weighted by Crippen LogP contribution is -2.46. The van der Waals surface area contributed by atoms with Gasteiger partial charge in [-0.25, -0.2) is 0 Å². The van der Waals surface area contributed by atoms with E-state index in [0.717, 1.165) is 18.5 Å². The number of hydrogen-bond acceptors (Lipinski definition) is 2. The molecule has 0 aliphatic carbocycles. The molecule has 0 amide bonds. The van der Waals surface area contributed by atoms with Gasteiger partial charge in [-0.15, -0.1) is 0 Å². The Morgan fingerprint density at radius 2 is 1.76 bits per heavy atom. The molecular weight excluding hydrogens is 277 g/mol. The molecule has 0 saturated carbocycles. The van der Waals surface area contributed by atoms with E-state index < -0.39 is 12.7 Å². The molecule has 0 aliphatic rings. The number of alkyl halides is 3. The molecule has 0 saturated heterocycles. The number of likely N-dealkylation sites (N-methyl/N-ethyl adjacent to an activating group) is 1. The smallest absolute Gasteiger partial charge is 0.309 e. The van der Waals surface area contributed by atoms with Gasteiger partial charge in [-0.1, -0.05) is 44.2 Å². The van der Waals surface area contributed by atoms with Crippen molar-refractivity contribution in [2.45, 2.75) is 45.5 Å². The molecule has 2 atom stereocenters. The van der Waals surface area contributed by atoms with Crippen molar-refractivity contribution in [3.63, 3.8) is 0 Å². The molecule has 1 N–H and O–H groups in total. The first-order valence-electron chi connectivity index (χ1n) is 7.48. The predicted molar refractivity (Wildman–Crippen MR) is 80.2 cm³/mol. The summed E-state index contributed by atoms with van der Waals surface area (Å²) in [5, 5.41) is 3.38. The minimum atomic E-state index is -4.17. The third kappa shape index (κ3) is 6.06. The predicted octanol–water partition coefficient (Wildman–Crippen LogP) is 4.00. The first kappa shape index (κ1) is 18.0. The van der Waals surface area contributed by atoms with Gasteiger partial charge < -0.3 is 5.32 Å². The maximum absolute atomic E-state index is 12.7. The lowest BCUT2D eigenvalue weighted by molar-refractivity contribution is -0.151. The lowest BCUT2D eigenvalue weighted by atomic mass is 9.99. The van der Waals surface area contributed by atoms with Crippen LogP contribution in [0.25, 0.3) is 0 Å². The van der Waals surface area contributed by atoms with Crippen LogP contribution in [0.3, 0.4) is 0 Å². The summed E-state index contributed by atoms with van der Waals surface area (Å²) in [4.78, 5) is 1.47. The van der Waals surface area contributed by atoms with E-state index in [1.54, 1.807) is 6.92 Å². The Labute approximate surface area is 125 Å². The molecule has 0 aliphatic heterocycles. The van der Waals surface area contributed by atoms with E-state index in [0.29, 0.717) is 6.54 Å². The second-order valence-corrected chi connectivity index (χ2v) is 5.26. The monoisotopic (exact) mass is 302 g/mol. The standard InChI is InChI=1S/C16H25F3N2/c1-4-11-20-15(14-9-7-6-8-10-14)13(3)21(5-2)12-16(17,18)19/h6-10,13,15,20H,4-5,11-12H2,1-3H3. The van der Waals surface area contributed by atoms with Crippen molar-refractivity contribution in [1.29, 1.82) is 0 Å². The van der Waals surface area contributed by atoms with Crippen molar-refractivity contribution in [3.05, 3.63) is 35.9 Å². The third-order valence-corrected chi connectivity index (χ3v) is 3.62. The van der Waals surface area contributed by atoms with Crippen LogP contribution in [-0.2, 0) is 0 Å². The van der Waals surface area contributed by atoms with Gasteiger partial charge in [-0.2, -0.15) is 13.2 Å². The van der Waals surface area contributed by atoms with Crippen LogP contribution in [0.5, 0.6) is 0 Å². The van der Waals surface area contributed by atoms with Gasteiger partial charge in [-0.05, 0) is 32.0 Å². The van der Waals surface area contributed by atoms with E-state index in [-0.39, 0.29) is 12.1 Å². The first-order chi connectivity index (χ1) is 9.89. The van der Waals surface area contributed by atoms with E-state index in [4.69, 9.17) is 0 Å². The molecule has 2 nitrogen and oxygen atoms in total. The van der Waals surface area contributed by atoms with Crippen molar-refractivity contribution in [3.8, 4) is 0 Å². The zero-order valence-electron chi connectivity index (χ0n) is 13.0. The Bertz CT molecular complexity index is 392. The Kier molecular flexibility index (Phi) is 7.18. The van der Waals surface area contributed by atoms with Crippen LogP contribution in [0.15, 0.2) is 30.3 Å². The van der Waals surface area contributed by atoms with Gasteiger partial charge in [0, 0.05) is 12.1 Å². The van der Waals surface area contributed by atoms with Crippen LogP contribution in [0.4, 0.5) is 13.2 Å². The van der Waals surface area contributed by atoms with Gasteiger partial charge in [0.1, 0.15) is 0 Å². The molecule has 5 heteroatoms. The lowest BCUT2D eigenvalue weighted by Gasteiger charge is -2.35. The second kappa shape index (κ2) is 8.39. The van der Waals surface area contributed by atoms with E-state index in [2.05, 4.69) is 5.32 Å². The summed E-state index contributed by atoms with van der Waals surface area (Å²) in [5.41, 5.74) is 1.03. The molecule has 0 fully saturated rings. The van der Waals surface area contributed by atoms with Crippen LogP contribution in [0, 0.1) is 0 Å². The number of nitrogens with zero attached hydrogens (tertiary/aromatic N) is 1. The fraction of sp³-hybridized carbons (Fsp3) is 0.625. The van der Waals surface area contributed by atoms with Crippen LogP contribution in [0.1, 0.15) is 38.8 Å². The zero-order chi connectivity index (χ0) is 15.9. The van der Waals surface area contributed by atoms with E-state index >= 15 is 0 Å². The van der Waals surface area contributed by atoms with Crippen molar-refractivity contribution in [2.24, 2.45) is 0 Å². The molecule has 1 aromatic rings. The average molecular weight is 302 g/mol. The van der Waals surface area contributed by atoms with Crippen molar-refractivity contribution in [1.82, 2.24) is 10.2 Å². The molecule has 0 spiro atoms. The summed E-state index contributed by atoms with van der Waals surface area (Å²) >= 11 is 0. The number of hydrogen-bond donors (Lipinski definition) is 1. The van der Waals surface area contributed by atoms with Crippen molar-refractivity contribution < 1.29 is 13.2 Å². The molecule has 120 valence electrons. The first-order valence-corrected chi connectivity index (χ1v) is 7.48. The Morgan fingerprint density at radius 1 is 1.14 bits per heavy atom. The van der Waals surface area contributed by atoms with Crippen LogP contribution >= 0.6 is 0 Å². The molecule has 2 unspecified atom stereocenters. The second-order valence-electron chi connectivity index (χ2n) is 5.26. The molecule has 0 aromatic heterocycles. The van der Waals surface area contributed by atoms with E-state index in [1.807, 2.05) is 44.2 Å². The summed E-state index contributed by atoms with van der Waals surface area (Å²) in [6.45, 7) is 5.96. The van der Waals surface area contributed by atoms with Crippen LogP contribution in [-0.4, -0.2) is 36.8 Å². The average Bonchev–Trinajstić information content (AvgIpc) is 2.45. The minimum absolute atomic E-state index is 0.103. The number of benzene rings is 1. The summed E-state index contributed by atoms with van der Waals surface area (Å²) < 4.78 is 38.1. The molecule has 0 heterocycles. The molecule has 1 aromatic carbocycles. The van der Waals surface area contributed by atoms with Gasteiger partial charge in [0.15, 0.2) is 0 Å². The molecule has 0 bridgehead atoms. The number of nitrogens with one attached hydrogen (secondary N) is 1. The maximum Gasteiger partial charge on any atom is 0.401 e. The maximum atomic E-state index is 12.7. The molecule has 0 radical (unpaired) electrons. The minimum Gasteiger partial charge on any atom is -0.309 e. The molecule has 21 heavy (non-hydrogen) atoms. The van der Waals surface area contributed by atoms with Crippen molar-refractivity contribution in [2.75, 3.05) is 19.6 Å². The number of rotatable bonds is 8. The topological polar surface area (TPSA) is 15.3 Å².